The van der Waals surface area contributed by atoms with Gasteiger partial charge in [0.25, 0.3) is 0 Å². The van der Waals surface area contributed by atoms with Gasteiger partial charge in [0.15, 0.2) is 15.7 Å². The van der Waals surface area contributed by atoms with E-state index in [0.29, 0.717) is 17.4 Å². The summed E-state index contributed by atoms with van der Waals surface area (Å²) in [5.74, 6) is 0.232. The summed E-state index contributed by atoms with van der Waals surface area (Å²) in [5, 5.41) is 7.39. The lowest BCUT2D eigenvalue weighted by molar-refractivity contribution is -0.144. The van der Waals surface area contributed by atoms with Gasteiger partial charge in [-0.25, -0.2) is 13.4 Å². The first-order valence-corrected chi connectivity index (χ1v) is 10.8. The number of nitrogens with one attached hydrogen (secondary N) is 1. The van der Waals surface area contributed by atoms with E-state index in [9.17, 15) is 13.2 Å². The molecule has 0 radical (unpaired) electrons. The largest absolute Gasteiger partial charge is 0.461 e. The van der Waals surface area contributed by atoms with E-state index in [2.05, 4.69) is 22.1 Å². The molecule has 25 heavy (non-hydrogen) atoms. The van der Waals surface area contributed by atoms with E-state index in [0.717, 1.165) is 23.7 Å². The maximum atomic E-state index is 11.8. The SMILES string of the molecule is CCc1ccc(-c2nc(SCC(=O)O[C@@H]3CCS(=O)(=O)C3)n[nH]2)cc1. The Hall–Kier alpha value is -1.87. The van der Waals surface area contributed by atoms with Crippen LogP contribution in [0.25, 0.3) is 11.4 Å². The Bertz CT molecular complexity index is 847. The normalized spacial score (nSPS) is 19.0. The molecule has 1 atom stereocenters. The van der Waals surface area contributed by atoms with Crippen LogP contribution < -0.4 is 0 Å². The van der Waals surface area contributed by atoms with E-state index in [1.165, 1.54) is 5.56 Å². The molecule has 9 heteroatoms. The lowest BCUT2D eigenvalue weighted by Crippen LogP contribution is -2.20. The van der Waals surface area contributed by atoms with Crippen molar-refractivity contribution in [1.82, 2.24) is 15.2 Å². The minimum absolute atomic E-state index is 0.0443. The maximum absolute atomic E-state index is 11.8. The van der Waals surface area contributed by atoms with E-state index in [1.54, 1.807) is 0 Å². The number of hydrogen-bond donors (Lipinski definition) is 1. The number of aryl methyl sites for hydroxylation is 1. The Kier molecular flexibility index (Phi) is 5.43. The monoisotopic (exact) mass is 381 g/mol. The highest BCUT2D eigenvalue weighted by molar-refractivity contribution is 7.99. The molecule has 1 aromatic carbocycles. The molecule has 0 bridgehead atoms. The molecule has 134 valence electrons. The summed E-state index contributed by atoms with van der Waals surface area (Å²) >= 11 is 1.16. The highest BCUT2D eigenvalue weighted by atomic mass is 32.2. The third-order valence-corrected chi connectivity index (χ3v) is 6.47. The molecule has 3 rings (SSSR count). The number of carbonyl (C=O) groups excluding carboxylic acids is 1. The molecule has 2 heterocycles. The standard InChI is InChI=1S/C16H19N3O4S2/c1-2-11-3-5-12(6-4-11)15-17-16(19-18-15)24-9-14(20)23-13-7-8-25(21,22)10-13/h3-6,13H,2,7-10H2,1H3,(H,17,18,19)/t13-/m1/s1. The quantitative estimate of drug-likeness (QED) is 0.602. The van der Waals surface area contributed by atoms with Crippen LogP contribution >= 0.6 is 11.8 Å². The summed E-state index contributed by atoms with van der Waals surface area (Å²) in [7, 11) is -3.05. The maximum Gasteiger partial charge on any atom is 0.316 e. The summed E-state index contributed by atoms with van der Waals surface area (Å²) in [4.78, 5) is 16.2. The van der Waals surface area contributed by atoms with Gasteiger partial charge >= 0.3 is 5.97 Å². The summed E-state index contributed by atoms with van der Waals surface area (Å²) in [5.41, 5.74) is 2.17. The summed E-state index contributed by atoms with van der Waals surface area (Å²) in [6.45, 7) is 2.10. The molecule has 0 aliphatic carbocycles. The minimum atomic E-state index is -3.05. The number of aromatic nitrogens is 3. The fraction of sp³-hybridized carbons (Fsp3) is 0.438. The Morgan fingerprint density at radius 3 is 2.76 bits per heavy atom. The van der Waals surface area contributed by atoms with E-state index >= 15 is 0 Å². The number of sulfone groups is 1. The summed E-state index contributed by atoms with van der Waals surface area (Å²) in [6, 6.07) is 8.03. The van der Waals surface area contributed by atoms with Crippen molar-refractivity contribution in [3.8, 4) is 11.4 Å². The molecule has 7 nitrogen and oxygen atoms in total. The van der Waals surface area contributed by atoms with E-state index in [4.69, 9.17) is 4.74 Å². The molecule has 0 spiro atoms. The second-order valence-electron chi connectivity index (χ2n) is 5.82. The van der Waals surface area contributed by atoms with Crippen LogP contribution in [0.4, 0.5) is 0 Å². The van der Waals surface area contributed by atoms with Gasteiger partial charge in [-0.3, -0.25) is 9.89 Å². The van der Waals surface area contributed by atoms with Crippen molar-refractivity contribution < 1.29 is 17.9 Å². The number of H-pyrrole nitrogens is 1. The van der Waals surface area contributed by atoms with Gasteiger partial charge in [-0.2, -0.15) is 0 Å². The van der Waals surface area contributed by atoms with Gasteiger partial charge in [0.05, 0.1) is 17.3 Å². The zero-order valence-corrected chi connectivity index (χ0v) is 15.4. The Balaban J connectivity index is 1.52. The molecular formula is C16H19N3O4S2. The number of aromatic amines is 1. The molecule has 0 amide bonds. The fourth-order valence-corrected chi connectivity index (χ4v) is 4.71. The number of benzene rings is 1. The molecule has 0 unspecified atom stereocenters. The fourth-order valence-electron chi connectivity index (χ4n) is 2.54. The van der Waals surface area contributed by atoms with Crippen LogP contribution in [0, 0.1) is 0 Å². The van der Waals surface area contributed by atoms with Crippen molar-refractivity contribution in [3.63, 3.8) is 0 Å². The van der Waals surface area contributed by atoms with Crippen molar-refractivity contribution in [2.24, 2.45) is 0 Å². The van der Waals surface area contributed by atoms with E-state index < -0.39 is 21.9 Å². The molecule has 1 N–H and O–H groups in total. The smallest absolute Gasteiger partial charge is 0.316 e. The van der Waals surface area contributed by atoms with Gasteiger partial charge < -0.3 is 4.74 Å². The predicted octanol–water partition coefficient (Wildman–Crippen LogP) is 1.86. The van der Waals surface area contributed by atoms with Crippen LogP contribution in [0.3, 0.4) is 0 Å². The first-order valence-electron chi connectivity index (χ1n) is 7.99. The van der Waals surface area contributed by atoms with Gasteiger partial charge in [0.1, 0.15) is 6.10 Å². The van der Waals surface area contributed by atoms with Crippen molar-refractivity contribution in [2.75, 3.05) is 17.3 Å². The van der Waals surface area contributed by atoms with Gasteiger partial charge in [-0.05, 0) is 18.4 Å². The molecular weight excluding hydrogens is 362 g/mol. The van der Waals surface area contributed by atoms with Crippen molar-refractivity contribution >= 4 is 27.6 Å². The number of nitrogens with zero attached hydrogens (tertiary/aromatic N) is 2. The second kappa shape index (κ2) is 7.57. The number of ether oxygens (including phenoxy) is 1. The van der Waals surface area contributed by atoms with Crippen molar-refractivity contribution in [3.05, 3.63) is 29.8 Å². The molecule has 1 aromatic heterocycles. The average molecular weight is 381 g/mol. The number of esters is 1. The van der Waals surface area contributed by atoms with Gasteiger partial charge in [0.2, 0.25) is 5.16 Å². The molecule has 0 saturated carbocycles. The molecule has 2 aromatic rings. The number of hydrogen-bond acceptors (Lipinski definition) is 7. The minimum Gasteiger partial charge on any atom is -0.461 e. The lowest BCUT2D eigenvalue weighted by Gasteiger charge is -2.08. The van der Waals surface area contributed by atoms with Crippen molar-refractivity contribution in [2.45, 2.75) is 31.0 Å². The molecule has 1 saturated heterocycles. The first-order chi connectivity index (χ1) is 11.9. The van der Waals surface area contributed by atoms with Crippen LogP contribution in [0.15, 0.2) is 29.4 Å². The first kappa shape index (κ1) is 17.9. The highest BCUT2D eigenvalue weighted by Crippen LogP contribution is 2.21. The van der Waals surface area contributed by atoms with Crippen LogP contribution in [0.5, 0.6) is 0 Å². The number of rotatable bonds is 6. The van der Waals surface area contributed by atoms with E-state index in [1.807, 2.05) is 24.3 Å². The van der Waals surface area contributed by atoms with Crippen LogP contribution in [-0.2, 0) is 25.8 Å². The van der Waals surface area contributed by atoms with Crippen LogP contribution in [0.2, 0.25) is 0 Å². The highest BCUT2D eigenvalue weighted by Gasteiger charge is 2.30. The summed E-state index contributed by atoms with van der Waals surface area (Å²) < 4.78 is 27.9. The van der Waals surface area contributed by atoms with Crippen LogP contribution in [0.1, 0.15) is 18.9 Å². The summed E-state index contributed by atoms with van der Waals surface area (Å²) in [6.07, 6.45) is 0.817. The van der Waals surface area contributed by atoms with Gasteiger partial charge in [0, 0.05) is 5.56 Å². The molecule has 1 aliphatic rings. The average Bonchev–Trinajstić information content (AvgIpc) is 3.19. The zero-order valence-electron chi connectivity index (χ0n) is 13.8. The van der Waals surface area contributed by atoms with Gasteiger partial charge in [-0.1, -0.05) is 43.0 Å². The zero-order chi connectivity index (χ0) is 17.9. The topological polar surface area (TPSA) is 102 Å². The Morgan fingerprint density at radius 1 is 1.36 bits per heavy atom. The number of thioether (sulfide) groups is 1. The Labute approximate surface area is 150 Å². The molecule has 1 fully saturated rings. The Morgan fingerprint density at radius 2 is 2.12 bits per heavy atom. The van der Waals surface area contributed by atoms with E-state index in [-0.39, 0.29) is 17.3 Å². The second-order valence-corrected chi connectivity index (χ2v) is 8.99. The number of carbonyl (C=O) groups is 1. The lowest BCUT2D eigenvalue weighted by atomic mass is 10.1. The predicted molar refractivity (Wildman–Crippen MR) is 95.1 cm³/mol. The third kappa shape index (κ3) is 4.82. The third-order valence-electron chi connectivity index (χ3n) is 3.91. The molecule has 1 aliphatic heterocycles. The van der Waals surface area contributed by atoms with Gasteiger partial charge in [-0.15, -0.1) is 5.10 Å². The van der Waals surface area contributed by atoms with Crippen LogP contribution in [-0.4, -0.2) is 52.9 Å². The van der Waals surface area contributed by atoms with Crippen molar-refractivity contribution in [1.29, 1.82) is 0 Å².